The average molecular weight is 156 g/mol. The Morgan fingerprint density at radius 1 is 1.09 bits per heavy atom. The number of hydrogen-bond donors (Lipinski definition) is 2. The van der Waals surface area contributed by atoms with Crippen LogP contribution in [0.5, 0.6) is 0 Å². The summed E-state index contributed by atoms with van der Waals surface area (Å²) in [7, 11) is 0. The number of hydrogen-bond acceptors (Lipinski definition) is 2. The smallest absolute Gasteiger partial charge is 0.210 e. The maximum Gasteiger partial charge on any atom is 0.210 e. The summed E-state index contributed by atoms with van der Waals surface area (Å²) in [6.45, 7) is 1.94. The van der Waals surface area contributed by atoms with Gasteiger partial charge in [0.2, 0.25) is 5.71 Å². The van der Waals surface area contributed by atoms with Crippen molar-refractivity contribution in [3.63, 3.8) is 0 Å². The van der Waals surface area contributed by atoms with Gasteiger partial charge in [-0.05, 0) is 6.42 Å². The molecule has 2 rings (SSSR count). The summed E-state index contributed by atoms with van der Waals surface area (Å²) in [5.41, 5.74) is 0.872. The fourth-order valence-electron chi connectivity index (χ4n) is 2.06. The Bertz CT molecular complexity index is 200. The van der Waals surface area contributed by atoms with Gasteiger partial charge in [0.25, 0.3) is 0 Å². The second-order valence-corrected chi connectivity index (χ2v) is 3.37. The van der Waals surface area contributed by atoms with Gasteiger partial charge in [-0.3, -0.25) is 0 Å². The molecule has 3 nitrogen and oxygen atoms in total. The van der Waals surface area contributed by atoms with Crippen molar-refractivity contribution < 1.29 is 14.8 Å². The highest BCUT2D eigenvalue weighted by Gasteiger charge is 2.38. The molecular formula is C8H14NO2+. The van der Waals surface area contributed by atoms with Crippen molar-refractivity contribution in [1.82, 2.24) is 0 Å². The van der Waals surface area contributed by atoms with E-state index in [1.165, 1.54) is 0 Å². The first-order valence-electron chi connectivity index (χ1n) is 4.27. The minimum atomic E-state index is -0.374. The molecule has 2 heterocycles. The minimum absolute atomic E-state index is 0.370. The Morgan fingerprint density at radius 3 is 2.55 bits per heavy atom. The number of nitrogens with zero attached hydrogens (tertiary/aromatic N) is 1. The van der Waals surface area contributed by atoms with Gasteiger partial charge < -0.3 is 10.2 Å². The molecule has 62 valence electrons. The summed E-state index contributed by atoms with van der Waals surface area (Å²) in [4.78, 5) is 0. The van der Waals surface area contributed by atoms with Crippen molar-refractivity contribution in [1.29, 1.82) is 0 Å². The van der Waals surface area contributed by atoms with Crippen molar-refractivity contribution in [2.75, 3.05) is 13.1 Å². The zero-order valence-corrected chi connectivity index (χ0v) is 6.53. The molecule has 0 fully saturated rings. The molecule has 11 heavy (non-hydrogen) atoms. The maximum absolute atomic E-state index is 9.51. The predicted octanol–water partition coefficient (Wildman–Crippen LogP) is -0.641. The molecule has 0 bridgehead atoms. The molecule has 0 spiro atoms. The van der Waals surface area contributed by atoms with Gasteiger partial charge in [-0.25, -0.2) is 4.58 Å². The molecule has 2 aliphatic heterocycles. The van der Waals surface area contributed by atoms with Crippen LogP contribution in [-0.2, 0) is 0 Å². The zero-order chi connectivity index (χ0) is 7.84. The fraction of sp³-hybridized carbons (Fsp3) is 0.875. The Kier molecular flexibility index (Phi) is 1.69. The van der Waals surface area contributed by atoms with E-state index in [2.05, 4.69) is 4.58 Å². The highest BCUT2D eigenvalue weighted by Crippen LogP contribution is 2.17. The SMILES string of the molecule is O[C@@H]1CCC[N+]2=C1[C@H](O)CC2. The van der Waals surface area contributed by atoms with Crippen LogP contribution >= 0.6 is 0 Å². The van der Waals surface area contributed by atoms with E-state index in [9.17, 15) is 10.2 Å². The first-order chi connectivity index (χ1) is 5.29. The molecule has 0 aliphatic carbocycles. The molecule has 0 saturated heterocycles. The fourth-order valence-corrected chi connectivity index (χ4v) is 2.06. The first-order valence-corrected chi connectivity index (χ1v) is 4.27. The lowest BCUT2D eigenvalue weighted by Gasteiger charge is -2.15. The van der Waals surface area contributed by atoms with Crippen LogP contribution in [0, 0.1) is 0 Å². The highest BCUT2D eigenvalue weighted by atomic mass is 16.3. The van der Waals surface area contributed by atoms with E-state index in [1.54, 1.807) is 0 Å². The zero-order valence-electron chi connectivity index (χ0n) is 6.53. The van der Waals surface area contributed by atoms with Crippen LogP contribution in [0.1, 0.15) is 19.3 Å². The van der Waals surface area contributed by atoms with Crippen molar-refractivity contribution in [2.24, 2.45) is 0 Å². The predicted molar refractivity (Wildman–Crippen MR) is 40.9 cm³/mol. The largest absolute Gasteiger partial charge is 0.382 e. The van der Waals surface area contributed by atoms with Crippen LogP contribution in [0.25, 0.3) is 0 Å². The van der Waals surface area contributed by atoms with Gasteiger partial charge in [0.1, 0.15) is 25.3 Å². The number of aliphatic hydroxyl groups excluding tert-OH is 2. The molecule has 0 unspecified atom stereocenters. The normalized spacial score (nSPS) is 37.6. The van der Waals surface area contributed by atoms with Gasteiger partial charge in [-0.15, -0.1) is 0 Å². The number of aliphatic hydroxyl groups is 2. The summed E-state index contributed by atoms with van der Waals surface area (Å²) in [6.07, 6.45) is 1.93. The molecule has 3 heteroatoms. The second kappa shape index (κ2) is 2.57. The van der Waals surface area contributed by atoms with E-state index >= 15 is 0 Å². The van der Waals surface area contributed by atoms with Crippen LogP contribution in [0.2, 0.25) is 0 Å². The Hall–Kier alpha value is -0.410. The van der Waals surface area contributed by atoms with Crippen molar-refractivity contribution in [3.8, 4) is 0 Å². The van der Waals surface area contributed by atoms with Crippen molar-refractivity contribution in [2.45, 2.75) is 31.5 Å². The lowest BCUT2D eigenvalue weighted by molar-refractivity contribution is -0.527. The van der Waals surface area contributed by atoms with Crippen LogP contribution in [-0.4, -0.2) is 45.8 Å². The Balaban J connectivity index is 2.27. The monoisotopic (exact) mass is 156 g/mol. The molecule has 2 aliphatic rings. The molecular weight excluding hydrogens is 142 g/mol. The van der Waals surface area contributed by atoms with E-state index in [0.29, 0.717) is 0 Å². The third-order valence-corrected chi connectivity index (χ3v) is 2.63. The lowest BCUT2D eigenvalue weighted by atomic mass is 10.0. The van der Waals surface area contributed by atoms with E-state index < -0.39 is 0 Å². The first kappa shape index (κ1) is 7.25. The third-order valence-electron chi connectivity index (χ3n) is 2.63. The third kappa shape index (κ3) is 1.08. The standard InChI is InChI=1S/C8H14NO2/c10-6-2-1-4-9-5-3-7(11)8(6)9/h6-7,10-11H,1-5H2/q+1/t6-,7-/m1/s1. The summed E-state index contributed by atoms with van der Waals surface area (Å²) in [5.74, 6) is 0. The highest BCUT2D eigenvalue weighted by molar-refractivity contribution is 5.89. The molecule has 0 aromatic carbocycles. The van der Waals surface area contributed by atoms with Crippen molar-refractivity contribution in [3.05, 3.63) is 0 Å². The molecule has 0 aromatic heterocycles. The average Bonchev–Trinajstić information content (AvgIpc) is 2.34. The lowest BCUT2D eigenvalue weighted by Crippen LogP contribution is -2.38. The molecule has 0 saturated carbocycles. The Labute approximate surface area is 66.0 Å². The van der Waals surface area contributed by atoms with E-state index in [4.69, 9.17) is 0 Å². The van der Waals surface area contributed by atoms with Gasteiger partial charge in [0.15, 0.2) is 0 Å². The van der Waals surface area contributed by atoms with Gasteiger partial charge in [0, 0.05) is 12.8 Å². The quantitative estimate of drug-likeness (QED) is 0.458. The minimum Gasteiger partial charge on any atom is -0.382 e. The van der Waals surface area contributed by atoms with Gasteiger partial charge in [-0.1, -0.05) is 0 Å². The molecule has 0 aromatic rings. The molecule has 2 N–H and O–H groups in total. The summed E-state index contributed by atoms with van der Waals surface area (Å²) >= 11 is 0. The number of rotatable bonds is 0. The van der Waals surface area contributed by atoms with E-state index in [0.717, 1.165) is 38.1 Å². The maximum atomic E-state index is 9.51. The van der Waals surface area contributed by atoms with Gasteiger partial charge in [0.05, 0.1) is 0 Å². The van der Waals surface area contributed by atoms with Gasteiger partial charge in [-0.2, -0.15) is 0 Å². The van der Waals surface area contributed by atoms with Gasteiger partial charge >= 0.3 is 0 Å². The summed E-state index contributed by atoms with van der Waals surface area (Å²) in [5, 5.41) is 19.0. The van der Waals surface area contributed by atoms with Crippen LogP contribution in [0.15, 0.2) is 0 Å². The summed E-state index contributed by atoms with van der Waals surface area (Å²) in [6, 6.07) is 0. The topological polar surface area (TPSA) is 43.5 Å². The van der Waals surface area contributed by atoms with Crippen LogP contribution < -0.4 is 0 Å². The van der Waals surface area contributed by atoms with Crippen LogP contribution in [0.4, 0.5) is 0 Å². The van der Waals surface area contributed by atoms with E-state index in [-0.39, 0.29) is 12.2 Å². The molecule has 2 atom stereocenters. The second-order valence-electron chi connectivity index (χ2n) is 3.37. The molecule has 0 amide bonds. The molecule has 0 radical (unpaired) electrons. The van der Waals surface area contributed by atoms with Crippen LogP contribution in [0.3, 0.4) is 0 Å². The van der Waals surface area contributed by atoms with E-state index in [1.807, 2.05) is 0 Å². The Morgan fingerprint density at radius 2 is 1.82 bits per heavy atom. The summed E-state index contributed by atoms with van der Waals surface area (Å²) < 4.78 is 2.12. The van der Waals surface area contributed by atoms with Crippen molar-refractivity contribution >= 4 is 5.71 Å².